The van der Waals surface area contributed by atoms with E-state index >= 15 is 0 Å². The smallest absolute Gasteiger partial charge is 0.206 e. The predicted octanol–water partition coefficient (Wildman–Crippen LogP) is 4.30. The molecule has 0 amide bonds. The first kappa shape index (κ1) is 16.2. The second-order valence-corrected chi connectivity index (χ2v) is 8.14. The minimum absolute atomic E-state index is 0.247. The lowest BCUT2D eigenvalue weighted by atomic mass is 9.96. The van der Waals surface area contributed by atoms with E-state index in [0.29, 0.717) is 10.1 Å². The summed E-state index contributed by atoms with van der Waals surface area (Å²) in [5.41, 5.74) is 2.26. The zero-order valence-electron chi connectivity index (χ0n) is 12.5. The van der Waals surface area contributed by atoms with Crippen molar-refractivity contribution in [2.75, 3.05) is 0 Å². The molecule has 1 N–H and O–H groups in total. The highest BCUT2D eigenvalue weighted by molar-refractivity contribution is 7.91. The summed E-state index contributed by atoms with van der Waals surface area (Å²) >= 11 is 1.23. The first-order chi connectivity index (χ1) is 9.94. The maximum Gasteiger partial charge on any atom is 0.250 e. The predicted molar refractivity (Wildman–Crippen MR) is 88.2 cm³/mol. The van der Waals surface area contributed by atoms with Crippen molar-refractivity contribution in [3.05, 3.63) is 52.9 Å². The van der Waals surface area contributed by atoms with Gasteiger partial charge in [0.15, 0.2) is 0 Å². The molecule has 2 atom stereocenters. The van der Waals surface area contributed by atoms with E-state index in [4.69, 9.17) is 0 Å². The summed E-state index contributed by atoms with van der Waals surface area (Å²) < 4.78 is 27.5. The number of sulfonamides is 1. The largest absolute Gasteiger partial charge is 0.250 e. The first-order valence-electron chi connectivity index (χ1n) is 7.09. The van der Waals surface area contributed by atoms with Crippen molar-refractivity contribution in [1.82, 2.24) is 4.72 Å². The lowest BCUT2D eigenvalue weighted by molar-refractivity contribution is 0.569. The zero-order chi connectivity index (χ0) is 15.5. The van der Waals surface area contributed by atoms with E-state index in [1.54, 1.807) is 17.5 Å². The summed E-state index contributed by atoms with van der Waals surface area (Å²) in [6, 6.07) is 11.3. The number of benzene rings is 1. The van der Waals surface area contributed by atoms with Gasteiger partial charge in [0.1, 0.15) is 4.21 Å². The normalized spacial score (nSPS) is 14.8. The summed E-state index contributed by atoms with van der Waals surface area (Å²) in [6.45, 7) is 6.22. The Kier molecular flexibility index (Phi) is 5.19. The van der Waals surface area contributed by atoms with E-state index < -0.39 is 10.0 Å². The monoisotopic (exact) mass is 323 g/mol. The zero-order valence-corrected chi connectivity index (χ0v) is 14.2. The van der Waals surface area contributed by atoms with Crippen LogP contribution >= 0.6 is 11.3 Å². The molecular formula is C16H21NO2S2. The fraction of sp³-hybridized carbons (Fsp3) is 0.375. The summed E-state index contributed by atoms with van der Waals surface area (Å²) in [5, 5.41) is 1.76. The van der Waals surface area contributed by atoms with E-state index in [0.717, 1.165) is 12.0 Å². The van der Waals surface area contributed by atoms with Gasteiger partial charge in [-0.2, -0.15) is 0 Å². The van der Waals surface area contributed by atoms with Crippen molar-refractivity contribution >= 4 is 21.4 Å². The molecular weight excluding hydrogens is 302 g/mol. The summed E-state index contributed by atoms with van der Waals surface area (Å²) in [6.07, 6.45) is 1.10. The third-order valence-corrected chi connectivity index (χ3v) is 6.65. The van der Waals surface area contributed by atoms with Gasteiger partial charge < -0.3 is 0 Å². The molecule has 0 aliphatic carbocycles. The summed E-state index contributed by atoms with van der Waals surface area (Å²) in [4.78, 5) is 0. The van der Waals surface area contributed by atoms with Gasteiger partial charge in [-0.05, 0) is 41.8 Å². The highest BCUT2D eigenvalue weighted by atomic mass is 32.2. The van der Waals surface area contributed by atoms with E-state index in [-0.39, 0.29) is 6.04 Å². The number of hydrogen-bond donors (Lipinski definition) is 1. The Hall–Kier alpha value is -1.17. The second kappa shape index (κ2) is 6.73. The Morgan fingerprint density at radius 3 is 2.24 bits per heavy atom. The van der Waals surface area contributed by atoms with Gasteiger partial charge in [-0.3, -0.25) is 0 Å². The van der Waals surface area contributed by atoms with Crippen molar-refractivity contribution in [2.45, 2.75) is 43.4 Å². The number of rotatable bonds is 6. The Morgan fingerprint density at radius 2 is 1.71 bits per heavy atom. The van der Waals surface area contributed by atoms with Crippen LogP contribution in [0.25, 0.3) is 0 Å². The molecule has 0 aliphatic heterocycles. The van der Waals surface area contributed by atoms with E-state index in [9.17, 15) is 8.42 Å². The molecule has 21 heavy (non-hydrogen) atoms. The molecule has 5 heteroatoms. The van der Waals surface area contributed by atoms with Crippen LogP contribution in [0.15, 0.2) is 46.0 Å². The van der Waals surface area contributed by atoms with Gasteiger partial charge in [0, 0.05) is 6.04 Å². The quantitative estimate of drug-likeness (QED) is 0.861. The molecule has 1 heterocycles. The maximum atomic E-state index is 12.2. The van der Waals surface area contributed by atoms with Crippen LogP contribution in [0.2, 0.25) is 0 Å². The fourth-order valence-corrected chi connectivity index (χ4v) is 4.37. The topological polar surface area (TPSA) is 46.2 Å². The molecule has 3 nitrogen and oxygen atoms in total. The van der Waals surface area contributed by atoms with Gasteiger partial charge in [0.05, 0.1) is 0 Å². The Bertz CT molecular complexity index is 661. The number of nitrogens with one attached hydrogen (secondary N) is 1. The van der Waals surface area contributed by atoms with Crippen molar-refractivity contribution in [3.63, 3.8) is 0 Å². The molecule has 0 radical (unpaired) electrons. The van der Waals surface area contributed by atoms with Gasteiger partial charge in [0.2, 0.25) is 0 Å². The van der Waals surface area contributed by atoms with Crippen LogP contribution in [0.1, 0.15) is 50.3 Å². The van der Waals surface area contributed by atoms with E-state index in [2.05, 4.69) is 30.7 Å². The summed E-state index contributed by atoms with van der Waals surface area (Å²) in [5.74, 6) is 0.525. The molecule has 0 saturated carbocycles. The first-order valence-corrected chi connectivity index (χ1v) is 9.46. The lowest BCUT2D eigenvalue weighted by Crippen LogP contribution is -2.26. The summed E-state index contributed by atoms with van der Waals surface area (Å²) in [7, 11) is -3.43. The molecule has 0 fully saturated rings. The number of thiophene rings is 1. The third kappa shape index (κ3) is 3.93. The van der Waals surface area contributed by atoms with Crippen LogP contribution in [-0.4, -0.2) is 8.42 Å². The van der Waals surface area contributed by atoms with Gasteiger partial charge in [-0.1, -0.05) is 44.2 Å². The van der Waals surface area contributed by atoms with Crippen molar-refractivity contribution < 1.29 is 8.42 Å². The highest BCUT2D eigenvalue weighted by Gasteiger charge is 2.19. The standard InChI is InChI=1S/C16H21NO2S2/c1-4-12(2)14-7-9-15(10-8-14)13(3)17-21(18,19)16-6-5-11-20-16/h5-13,17H,4H2,1-3H3. The minimum atomic E-state index is -3.43. The van der Waals surface area contributed by atoms with Crippen molar-refractivity contribution in [3.8, 4) is 0 Å². The van der Waals surface area contributed by atoms with Crippen molar-refractivity contribution in [2.24, 2.45) is 0 Å². The average Bonchev–Trinajstić information content (AvgIpc) is 3.01. The third-order valence-electron chi connectivity index (χ3n) is 3.71. The molecule has 0 saturated heterocycles. The van der Waals surface area contributed by atoms with Crippen LogP contribution in [0.3, 0.4) is 0 Å². The highest BCUT2D eigenvalue weighted by Crippen LogP contribution is 2.23. The maximum absolute atomic E-state index is 12.2. The SMILES string of the molecule is CCC(C)c1ccc(C(C)NS(=O)(=O)c2cccs2)cc1. The molecule has 0 aliphatic rings. The average molecular weight is 323 g/mol. The van der Waals surface area contributed by atoms with Crippen LogP contribution < -0.4 is 4.72 Å². The molecule has 114 valence electrons. The molecule has 0 bridgehead atoms. The molecule has 1 aromatic heterocycles. The second-order valence-electron chi connectivity index (χ2n) is 5.25. The number of hydrogen-bond acceptors (Lipinski definition) is 3. The van der Waals surface area contributed by atoms with E-state index in [1.165, 1.54) is 16.9 Å². The van der Waals surface area contributed by atoms with Gasteiger partial charge in [-0.15, -0.1) is 11.3 Å². The molecule has 2 unspecified atom stereocenters. The Morgan fingerprint density at radius 1 is 1.10 bits per heavy atom. The molecule has 1 aromatic carbocycles. The van der Waals surface area contributed by atoms with Gasteiger partial charge in [-0.25, -0.2) is 13.1 Å². The van der Waals surface area contributed by atoms with Crippen LogP contribution in [-0.2, 0) is 10.0 Å². The van der Waals surface area contributed by atoms with Gasteiger partial charge >= 0.3 is 0 Å². The van der Waals surface area contributed by atoms with Crippen LogP contribution in [0, 0.1) is 0 Å². The molecule has 2 aromatic rings. The minimum Gasteiger partial charge on any atom is -0.206 e. The Labute approximate surface area is 131 Å². The Balaban J connectivity index is 2.12. The van der Waals surface area contributed by atoms with Crippen molar-refractivity contribution in [1.29, 1.82) is 0 Å². The lowest BCUT2D eigenvalue weighted by Gasteiger charge is -2.15. The van der Waals surface area contributed by atoms with E-state index in [1.807, 2.05) is 19.1 Å². The fourth-order valence-electron chi connectivity index (χ4n) is 2.12. The van der Waals surface area contributed by atoms with Crippen LogP contribution in [0.4, 0.5) is 0 Å². The van der Waals surface area contributed by atoms with Gasteiger partial charge in [0.25, 0.3) is 10.0 Å². The molecule has 2 rings (SSSR count). The molecule has 0 spiro atoms. The van der Waals surface area contributed by atoms with Crippen LogP contribution in [0.5, 0.6) is 0 Å².